The number of para-hydroxylation sites is 1. The molecule has 154 valence electrons. The Morgan fingerprint density at radius 1 is 1.13 bits per heavy atom. The first kappa shape index (κ1) is 20.4. The van der Waals surface area contributed by atoms with Crippen LogP contribution in [0.3, 0.4) is 0 Å². The topological polar surface area (TPSA) is 63.2 Å². The number of hydrogen-bond donors (Lipinski definition) is 2. The lowest BCUT2D eigenvalue weighted by molar-refractivity contribution is -0.116. The van der Waals surface area contributed by atoms with Gasteiger partial charge in [0.15, 0.2) is 0 Å². The van der Waals surface area contributed by atoms with Crippen LogP contribution in [0.5, 0.6) is 5.75 Å². The molecule has 5 nitrogen and oxygen atoms in total. The maximum Gasteiger partial charge on any atom is 0.248 e. The van der Waals surface area contributed by atoms with Crippen LogP contribution in [-0.4, -0.2) is 16.9 Å². The molecule has 1 aliphatic heterocycles. The van der Waals surface area contributed by atoms with E-state index in [-0.39, 0.29) is 11.9 Å². The van der Waals surface area contributed by atoms with Crippen molar-refractivity contribution in [2.24, 2.45) is 0 Å². The molecule has 2 aromatic carbocycles. The predicted octanol–water partition coefficient (Wildman–Crippen LogP) is 5.32. The van der Waals surface area contributed by atoms with E-state index in [1.807, 2.05) is 69.3 Å². The minimum atomic E-state index is -0.325. The fraction of sp³-hybridized carbons (Fsp3) is 0.250. The number of pyridine rings is 1. The van der Waals surface area contributed by atoms with Gasteiger partial charge in [-0.1, -0.05) is 42.5 Å². The molecule has 2 N–H and O–H groups in total. The first-order valence-corrected chi connectivity index (χ1v) is 10.7. The molecule has 1 aliphatic rings. The van der Waals surface area contributed by atoms with E-state index in [0.717, 1.165) is 43.9 Å². The van der Waals surface area contributed by atoms with Crippen LogP contribution in [0.25, 0.3) is 0 Å². The van der Waals surface area contributed by atoms with Crippen LogP contribution >= 0.6 is 15.9 Å². The van der Waals surface area contributed by atoms with E-state index in [2.05, 4.69) is 31.5 Å². The molecule has 0 spiro atoms. The number of rotatable bonds is 5. The molecule has 1 atom stereocenters. The predicted molar refractivity (Wildman–Crippen MR) is 123 cm³/mol. The Morgan fingerprint density at radius 2 is 1.90 bits per heavy atom. The van der Waals surface area contributed by atoms with Crippen LogP contribution in [0.2, 0.25) is 0 Å². The van der Waals surface area contributed by atoms with Gasteiger partial charge in [0.25, 0.3) is 0 Å². The third kappa shape index (κ3) is 4.05. The number of carbonyl (C=O) groups excluding carboxylic acids is 1. The summed E-state index contributed by atoms with van der Waals surface area (Å²) in [5.74, 6) is 1.26. The van der Waals surface area contributed by atoms with E-state index >= 15 is 0 Å². The smallest absolute Gasteiger partial charge is 0.248 e. The van der Waals surface area contributed by atoms with Crippen molar-refractivity contribution >= 4 is 33.3 Å². The number of carbonyl (C=O) groups is 1. The van der Waals surface area contributed by atoms with Gasteiger partial charge in [-0.15, -0.1) is 0 Å². The van der Waals surface area contributed by atoms with Crippen molar-refractivity contribution in [1.82, 2.24) is 4.98 Å². The van der Waals surface area contributed by atoms with E-state index in [0.29, 0.717) is 18.8 Å². The van der Waals surface area contributed by atoms with Crippen molar-refractivity contribution in [3.63, 3.8) is 0 Å². The van der Waals surface area contributed by atoms with Crippen molar-refractivity contribution in [1.29, 1.82) is 0 Å². The number of benzene rings is 2. The molecule has 0 fully saturated rings. The highest BCUT2D eigenvalue weighted by Crippen LogP contribution is 2.34. The molecule has 2 heterocycles. The minimum Gasteiger partial charge on any atom is -0.487 e. The average Bonchev–Trinajstić information content (AvgIpc) is 3.18. The summed E-state index contributed by atoms with van der Waals surface area (Å²) in [5, 5.41) is 6.32. The number of nitrogens with one attached hydrogen (secondary N) is 2. The molecule has 30 heavy (non-hydrogen) atoms. The van der Waals surface area contributed by atoms with E-state index < -0.39 is 0 Å². The second-order valence-corrected chi connectivity index (χ2v) is 8.42. The Morgan fingerprint density at radius 3 is 2.63 bits per heavy atom. The van der Waals surface area contributed by atoms with E-state index in [4.69, 9.17) is 4.74 Å². The lowest BCUT2D eigenvalue weighted by Crippen LogP contribution is -2.33. The second-order valence-electron chi connectivity index (χ2n) is 7.56. The summed E-state index contributed by atoms with van der Waals surface area (Å²) in [6, 6.07) is 15.7. The monoisotopic (exact) mass is 465 g/mol. The normalized spacial score (nSPS) is 14.7. The van der Waals surface area contributed by atoms with Gasteiger partial charge in [-0.25, -0.2) is 4.98 Å². The summed E-state index contributed by atoms with van der Waals surface area (Å²) in [7, 11) is 0. The first-order valence-electron chi connectivity index (χ1n) is 9.93. The second kappa shape index (κ2) is 8.48. The molecule has 1 unspecified atom stereocenters. The Labute approximate surface area is 185 Å². The van der Waals surface area contributed by atoms with Crippen LogP contribution in [0.4, 0.5) is 11.5 Å². The standard InChI is InChI=1S/C24H24BrN3O2/c1-14-15(2)23(26-16(3)22(14)30-13-17-8-5-4-6-9-17)28-24(29)20-12-18-10-7-11-19(25)21(18)27-20/h4-11,20,27H,12-13H2,1-3H3,(H,26,28,29). The maximum absolute atomic E-state index is 12.9. The van der Waals surface area contributed by atoms with E-state index in [9.17, 15) is 4.79 Å². The van der Waals surface area contributed by atoms with E-state index in [1.54, 1.807) is 0 Å². The number of nitrogens with zero attached hydrogens (tertiary/aromatic N) is 1. The number of anilines is 2. The Bertz CT molecular complexity index is 1100. The number of ether oxygens (including phenoxy) is 1. The number of aromatic nitrogens is 1. The molecular weight excluding hydrogens is 442 g/mol. The molecule has 3 aromatic rings. The van der Waals surface area contributed by atoms with Crippen molar-refractivity contribution in [2.75, 3.05) is 10.6 Å². The zero-order chi connectivity index (χ0) is 21.3. The first-order chi connectivity index (χ1) is 14.4. The Balaban J connectivity index is 1.48. The molecule has 1 aromatic heterocycles. The molecule has 0 saturated heterocycles. The number of hydrogen-bond acceptors (Lipinski definition) is 4. The highest BCUT2D eigenvalue weighted by molar-refractivity contribution is 9.10. The molecular formula is C24H24BrN3O2. The van der Waals surface area contributed by atoms with Gasteiger partial charge in [-0.2, -0.15) is 0 Å². The fourth-order valence-corrected chi connectivity index (χ4v) is 4.22. The summed E-state index contributed by atoms with van der Waals surface area (Å²) >= 11 is 3.54. The molecule has 6 heteroatoms. The SMILES string of the molecule is Cc1nc(NC(=O)C2Cc3cccc(Br)c3N2)c(C)c(C)c1OCc1ccccc1. The molecule has 0 bridgehead atoms. The molecule has 0 aliphatic carbocycles. The molecule has 0 saturated carbocycles. The summed E-state index contributed by atoms with van der Waals surface area (Å²) in [6.07, 6.45) is 0.649. The Hall–Kier alpha value is -2.86. The van der Waals surface area contributed by atoms with Crippen molar-refractivity contribution < 1.29 is 9.53 Å². The summed E-state index contributed by atoms with van der Waals surface area (Å²) in [5.41, 5.74) is 5.87. The molecule has 1 amide bonds. The van der Waals surface area contributed by atoms with Gasteiger partial charge in [-0.3, -0.25) is 4.79 Å². The zero-order valence-corrected chi connectivity index (χ0v) is 18.8. The van der Waals surface area contributed by atoms with Gasteiger partial charge in [-0.05, 0) is 65.0 Å². The van der Waals surface area contributed by atoms with Crippen LogP contribution in [0.1, 0.15) is 27.9 Å². The van der Waals surface area contributed by atoms with E-state index in [1.165, 1.54) is 0 Å². The van der Waals surface area contributed by atoms with Crippen molar-refractivity contribution in [3.05, 3.63) is 81.0 Å². The number of fused-ring (bicyclic) bond motifs is 1. The Kier molecular flexibility index (Phi) is 5.77. The fourth-order valence-electron chi connectivity index (χ4n) is 3.69. The quantitative estimate of drug-likeness (QED) is 0.534. The number of amides is 1. The van der Waals surface area contributed by atoms with Gasteiger partial charge >= 0.3 is 0 Å². The van der Waals surface area contributed by atoms with Crippen LogP contribution in [0, 0.1) is 20.8 Å². The highest BCUT2D eigenvalue weighted by atomic mass is 79.9. The van der Waals surface area contributed by atoms with Gasteiger partial charge in [0, 0.05) is 10.9 Å². The van der Waals surface area contributed by atoms with Gasteiger partial charge in [0.05, 0.1) is 11.4 Å². The van der Waals surface area contributed by atoms with Crippen LogP contribution in [0.15, 0.2) is 53.0 Å². The summed E-state index contributed by atoms with van der Waals surface area (Å²) < 4.78 is 7.03. The lowest BCUT2D eigenvalue weighted by Gasteiger charge is -2.18. The van der Waals surface area contributed by atoms with Gasteiger partial charge in [0.1, 0.15) is 24.2 Å². The van der Waals surface area contributed by atoms with Crippen LogP contribution < -0.4 is 15.4 Å². The largest absolute Gasteiger partial charge is 0.487 e. The van der Waals surface area contributed by atoms with Crippen LogP contribution in [-0.2, 0) is 17.8 Å². The molecule has 0 radical (unpaired) electrons. The average molecular weight is 466 g/mol. The highest BCUT2D eigenvalue weighted by Gasteiger charge is 2.29. The number of halogens is 1. The van der Waals surface area contributed by atoms with Crippen molar-refractivity contribution in [2.45, 2.75) is 39.8 Å². The van der Waals surface area contributed by atoms with Gasteiger partial charge < -0.3 is 15.4 Å². The van der Waals surface area contributed by atoms with Gasteiger partial charge in [0.2, 0.25) is 5.91 Å². The lowest BCUT2D eigenvalue weighted by atomic mass is 10.1. The molecule has 4 rings (SSSR count). The summed E-state index contributed by atoms with van der Waals surface area (Å²) in [4.78, 5) is 17.5. The third-order valence-electron chi connectivity index (χ3n) is 5.49. The minimum absolute atomic E-state index is 0.0922. The zero-order valence-electron chi connectivity index (χ0n) is 17.3. The maximum atomic E-state index is 12.9. The van der Waals surface area contributed by atoms with Crippen molar-refractivity contribution in [3.8, 4) is 5.75 Å². The summed E-state index contributed by atoms with van der Waals surface area (Å²) in [6.45, 7) is 6.35. The number of aryl methyl sites for hydroxylation is 1. The third-order valence-corrected chi connectivity index (χ3v) is 6.15.